The van der Waals surface area contributed by atoms with Crippen LogP contribution in [-0.2, 0) is 9.53 Å². The summed E-state index contributed by atoms with van der Waals surface area (Å²) in [6.07, 6.45) is 4.28. The summed E-state index contributed by atoms with van der Waals surface area (Å²) >= 11 is 0. The highest BCUT2D eigenvalue weighted by atomic mass is 16.5. The zero-order valence-electron chi connectivity index (χ0n) is 12.2. The molecule has 0 aromatic heterocycles. The summed E-state index contributed by atoms with van der Waals surface area (Å²) in [6.45, 7) is 8.57. The number of aliphatic hydroxyl groups excluding tert-OH is 1. The van der Waals surface area contributed by atoms with Crippen molar-refractivity contribution in [1.82, 2.24) is 0 Å². The van der Waals surface area contributed by atoms with Crippen LogP contribution < -0.4 is 0 Å². The van der Waals surface area contributed by atoms with Crippen molar-refractivity contribution in [3.05, 3.63) is 34.9 Å². The van der Waals surface area contributed by atoms with E-state index in [4.69, 9.17) is 4.74 Å². The van der Waals surface area contributed by atoms with Crippen molar-refractivity contribution in [3.63, 3.8) is 0 Å². The second-order valence-corrected chi connectivity index (χ2v) is 6.42. The molecule has 0 spiro atoms. The fraction of sp³-hybridized carbons (Fsp3) is 0.588. The minimum absolute atomic E-state index is 0.175. The maximum atomic E-state index is 12.2. The molecule has 2 aliphatic carbocycles. The molecule has 3 heteroatoms. The number of carbonyl (C=O) groups is 1. The van der Waals surface area contributed by atoms with Gasteiger partial charge in [0.1, 0.15) is 6.10 Å². The Labute approximate surface area is 120 Å². The van der Waals surface area contributed by atoms with Gasteiger partial charge in [-0.3, -0.25) is 4.79 Å². The molecule has 1 aliphatic heterocycles. The summed E-state index contributed by atoms with van der Waals surface area (Å²) in [5.41, 5.74) is 3.86. The zero-order chi connectivity index (χ0) is 14.5. The van der Waals surface area contributed by atoms with E-state index in [0.717, 1.165) is 41.6 Å². The van der Waals surface area contributed by atoms with Gasteiger partial charge < -0.3 is 9.84 Å². The van der Waals surface area contributed by atoms with E-state index in [1.54, 1.807) is 0 Å². The molecular formula is C17H22O3. The third kappa shape index (κ3) is 1.84. The topological polar surface area (TPSA) is 46.5 Å². The molecule has 0 aromatic rings. The van der Waals surface area contributed by atoms with Crippen LogP contribution in [0.15, 0.2) is 34.9 Å². The van der Waals surface area contributed by atoms with E-state index in [9.17, 15) is 9.90 Å². The lowest BCUT2D eigenvalue weighted by Crippen LogP contribution is -2.33. The van der Waals surface area contributed by atoms with Crippen LogP contribution in [-0.4, -0.2) is 29.7 Å². The molecule has 3 nitrogen and oxygen atoms in total. The predicted octanol–water partition coefficient (Wildman–Crippen LogP) is 2.71. The van der Waals surface area contributed by atoms with Gasteiger partial charge in [0.15, 0.2) is 5.78 Å². The number of ketones is 1. The smallest absolute Gasteiger partial charge is 0.162 e. The van der Waals surface area contributed by atoms with Crippen molar-refractivity contribution in [2.75, 3.05) is 6.61 Å². The average Bonchev–Trinajstić information content (AvgIpc) is 2.99. The molecule has 0 bridgehead atoms. The van der Waals surface area contributed by atoms with E-state index in [2.05, 4.69) is 13.5 Å². The SMILES string of the molecule is C=C[C@]1(C)CC[C@H](O)C2=C1[C@H](C1=C(C)CCC1=O)OC2. The van der Waals surface area contributed by atoms with E-state index < -0.39 is 6.10 Å². The highest BCUT2D eigenvalue weighted by molar-refractivity contribution is 6.00. The molecule has 0 fully saturated rings. The van der Waals surface area contributed by atoms with Crippen LogP contribution >= 0.6 is 0 Å². The summed E-state index contributed by atoms with van der Waals surface area (Å²) in [4.78, 5) is 12.2. The highest BCUT2D eigenvalue weighted by Crippen LogP contribution is 2.49. The van der Waals surface area contributed by atoms with Crippen LogP contribution in [0.2, 0.25) is 0 Å². The minimum Gasteiger partial charge on any atom is -0.389 e. The first-order valence-corrected chi connectivity index (χ1v) is 7.37. The van der Waals surface area contributed by atoms with Crippen molar-refractivity contribution in [3.8, 4) is 0 Å². The van der Waals surface area contributed by atoms with Crippen LogP contribution in [0.25, 0.3) is 0 Å². The lowest BCUT2D eigenvalue weighted by atomic mass is 9.68. The van der Waals surface area contributed by atoms with Gasteiger partial charge >= 0.3 is 0 Å². The molecule has 3 aliphatic rings. The Morgan fingerprint density at radius 1 is 1.45 bits per heavy atom. The van der Waals surface area contributed by atoms with Crippen molar-refractivity contribution >= 4 is 5.78 Å². The molecule has 3 atom stereocenters. The minimum atomic E-state index is -0.430. The summed E-state index contributed by atoms with van der Waals surface area (Å²) < 4.78 is 5.93. The molecule has 108 valence electrons. The quantitative estimate of drug-likeness (QED) is 0.788. The van der Waals surface area contributed by atoms with Crippen LogP contribution in [0.3, 0.4) is 0 Å². The van der Waals surface area contributed by atoms with Crippen LogP contribution in [0.1, 0.15) is 39.5 Å². The number of aliphatic hydroxyl groups is 1. The number of Topliss-reactive ketones (excluding diaryl/α,β-unsaturated/α-hetero) is 1. The molecule has 0 saturated carbocycles. The largest absolute Gasteiger partial charge is 0.389 e. The fourth-order valence-corrected chi connectivity index (χ4v) is 3.81. The van der Waals surface area contributed by atoms with Crippen LogP contribution in [0, 0.1) is 5.41 Å². The number of rotatable bonds is 2. The van der Waals surface area contributed by atoms with Gasteiger partial charge in [-0.05, 0) is 37.3 Å². The van der Waals surface area contributed by atoms with E-state index in [0.29, 0.717) is 13.0 Å². The second-order valence-electron chi connectivity index (χ2n) is 6.42. The summed E-state index contributed by atoms with van der Waals surface area (Å²) in [7, 11) is 0. The number of allylic oxidation sites excluding steroid dienone is 2. The Kier molecular flexibility index (Phi) is 3.22. The standard InChI is InChI=1S/C17H22O3/c1-4-17(3)8-7-12(18)11-9-20-16(15(11)17)14-10(2)5-6-13(14)19/h4,12,16,18H,1,5-9H2,2-3H3/t12-,16-,17+/m0/s1. The number of hydrogen-bond donors (Lipinski definition) is 1. The molecule has 0 radical (unpaired) electrons. The van der Waals surface area contributed by atoms with Gasteiger partial charge in [-0.25, -0.2) is 0 Å². The first-order valence-electron chi connectivity index (χ1n) is 7.37. The normalized spacial score (nSPS) is 37.6. The average molecular weight is 274 g/mol. The van der Waals surface area contributed by atoms with Crippen molar-refractivity contribution in [2.24, 2.45) is 5.41 Å². The predicted molar refractivity (Wildman–Crippen MR) is 77.3 cm³/mol. The molecule has 1 heterocycles. The molecule has 3 rings (SSSR count). The Morgan fingerprint density at radius 2 is 2.20 bits per heavy atom. The third-order valence-corrected chi connectivity index (χ3v) is 5.17. The van der Waals surface area contributed by atoms with Gasteiger partial charge in [0.25, 0.3) is 0 Å². The molecule has 0 saturated heterocycles. The lowest BCUT2D eigenvalue weighted by molar-refractivity contribution is -0.115. The van der Waals surface area contributed by atoms with E-state index in [-0.39, 0.29) is 17.3 Å². The van der Waals surface area contributed by atoms with Crippen molar-refractivity contribution in [2.45, 2.75) is 51.7 Å². The maximum Gasteiger partial charge on any atom is 0.162 e. The lowest BCUT2D eigenvalue weighted by Gasteiger charge is -2.37. The summed E-state index contributed by atoms with van der Waals surface area (Å²) in [5.74, 6) is 0.202. The fourth-order valence-electron chi connectivity index (χ4n) is 3.81. The van der Waals surface area contributed by atoms with E-state index >= 15 is 0 Å². The first-order chi connectivity index (χ1) is 9.48. The Morgan fingerprint density at radius 3 is 2.80 bits per heavy atom. The monoisotopic (exact) mass is 274 g/mol. The Hall–Kier alpha value is -1.19. The molecule has 0 unspecified atom stereocenters. The Bertz CT molecular complexity index is 540. The summed E-state index contributed by atoms with van der Waals surface area (Å²) in [5, 5.41) is 10.2. The molecule has 20 heavy (non-hydrogen) atoms. The zero-order valence-corrected chi connectivity index (χ0v) is 12.2. The van der Waals surface area contributed by atoms with Gasteiger partial charge in [-0.1, -0.05) is 18.6 Å². The molecule has 1 N–H and O–H groups in total. The number of hydrogen-bond acceptors (Lipinski definition) is 3. The van der Waals surface area contributed by atoms with Crippen LogP contribution in [0.5, 0.6) is 0 Å². The van der Waals surface area contributed by atoms with Crippen molar-refractivity contribution < 1.29 is 14.6 Å². The maximum absolute atomic E-state index is 12.2. The molecule has 0 aromatic carbocycles. The second kappa shape index (κ2) is 4.68. The Balaban J connectivity index is 2.09. The van der Waals surface area contributed by atoms with Crippen molar-refractivity contribution in [1.29, 1.82) is 0 Å². The first kappa shape index (κ1) is 13.8. The van der Waals surface area contributed by atoms with E-state index in [1.807, 2.05) is 13.0 Å². The highest BCUT2D eigenvalue weighted by Gasteiger charge is 2.46. The van der Waals surface area contributed by atoms with Gasteiger partial charge in [0.2, 0.25) is 0 Å². The van der Waals surface area contributed by atoms with Gasteiger partial charge in [-0.2, -0.15) is 0 Å². The third-order valence-electron chi connectivity index (χ3n) is 5.17. The van der Waals surface area contributed by atoms with Gasteiger partial charge in [0.05, 0.1) is 12.7 Å². The van der Waals surface area contributed by atoms with Gasteiger partial charge in [0, 0.05) is 17.4 Å². The molecular weight excluding hydrogens is 252 g/mol. The molecule has 0 amide bonds. The van der Waals surface area contributed by atoms with E-state index in [1.165, 1.54) is 0 Å². The number of carbonyl (C=O) groups excluding carboxylic acids is 1. The van der Waals surface area contributed by atoms with Crippen LogP contribution in [0.4, 0.5) is 0 Å². The number of ether oxygens (including phenoxy) is 1. The summed E-state index contributed by atoms with van der Waals surface area (Å²) in [6, 6.07) is 0. The van der Waals surface area contributed by atoms with Gasteiger partial charge in [-0.15, -0.1) is 6.58 Å².